The van der Waals surface area contributed by atoms with E-state index in [1.807, 2.05) is 24.3 Å². The molecular weight excluding hydrogens is 256 g/mol. The summed E-state index contributed by atoms with van der Waals surface area (Å²) in [6, 6.07) is 7.77. The van der Waals surface area contributed by atoms with Gasteiger partial charge >= 0.3 is 0 Å². The van der Waals surface area contributed by atoms with E-state index in [9.17, 15) is 4.79 Å². The number of amides is 1. The first kappa shape index (κ1) is 14.2. The molecule has 0 aliphatic carbocycles. The smallest absolute Gasteiger partial charge is 0.223 e. The van der Waals surface area contributed by atoms with E-state index in [-0.39, 0.29) is 5.91 Å². The highest BCUT2D eigenvalue weighted by Crippen LogP contribution is 2.11. The average Bonchev–Trinajstić information content (AvgIpc) is 2.47. The minimum absolute atomic E-state index is 0.0182. The van der Waals surface area contributed by atoms with Gasteiger partial charge in [0.05, 0.1) is 12.1 Å². The third-order valence-electron chi connectivity index (χ3n) is 2.75. The summed E-state index contributed by atoms with van der Waals surface area (Å²) in [4.78, 5) is 20.1. The van der Waals surface area contributed by atoms with E-state index >= 15 is 0 Å². The van der Waals surface area contributed by atoms with Crippen LogP contribution in [0.3, 0.4) is 0 Å². The fourth-order valence-electron chi connectivity index (χ4n) is 1.73. The lowest BCUT2D eigenvalue weighted by Crippen LogP contribution is -2.28. The number of hydrogen-bond acceptors (Lipinski definition) is 5. The number of benzene rings is 1. The molecule has 0 fully saturated rings. The minimum atomic E-state index is -0.0182. The molecule has 0 unspecified atom stereocenters. The number of aromatic nitrogens is 2. The van der Waals surface area contributed by atoms with Crippen molar-refractivity contribution in [2.45, 2.75) is 6.42 Å². The molecule has 0 aliphatic heterocycles. The van der Waals surface area contributed by atoms with Crippen LogP contribution in [0, 0.1) is 0 Å². The van der Waals surface area contributed by atoms with Gasteiger partial charge in [-0.1, -0.05) is 18.2 Å². The van der Waals surface area contributed by atoms with Gasteiger partial charge in [0.15, 0.2) is 0 Å². The number of ether oxygens (including phenoxy) is 1. The summed E-state index contributed by atoms with van der Waals surface area (Å²) in [6.07, 6.45) is 2.14. The molecule has 6 nitrogen and oxygen atoms in total. The van der Waals surface area contributed by atoms with Gasteiger partial charge < -0.3 is 15.4 Å². The van der Waals surface area contributed by atoms with Gasteiger partial charge in [0.2, 0.25) is 11.9 Å². The molecule has 0 saturated carbocycles. The normalized spacial score (nSPS) is 10.4. The molecule has 1 heterocycles. The second kappa shape index (κ2) is 7.40. The van der Waals surface area contributed by atoms with Crippen molar-refractivity contribution in [1.82, 2.24) is 15.3 Å². The Labute approximate surface area is 117 Å². The zero-order chi connectivity index (χ0) is 14.2. The first-order valence-corrected chi connectivity index (χ1v) is 6.51. The maximum absolute atomic E-state index is 11.5. The van der Waals surface area contributed by atoms with Gasteiger partial charge in [0.1, 0.15) is 0 Å². The summed E-state index contributed by atoms with van der Waals surface area (Å²) in [5.74, 6) is 0.517. The Hall–Kier alpha value is -2.21. The Bertz CT molecular complexity index is 574. The summed E-state index contributed by atoms with van der Waals surface area (Å²) in [6.45, 7) is 1.55. The van der Waals surface area contributed by atoms with Crippen LogP contribution in [0.1, 0.15) is 6.42 Å². The van der Waals surface area contributed by atoms with Crippen molar-refractivity contribution in [3.63, 3.8) is 0 Å². The molecule has 0 spiro atoms. The zero-order valence-corrected chi connectivity index (χ0v) is 11.4. The van der Waals surface area contributed by atoms with Crippen molar-refractivity contribution in [1.29, 1.82) is 0 Å². The number of fused-ring (bicyclic) bond motifs is 1. The van der Waals surface area contributed by atoms with Crippen LogP contribution in [0.4, 0.5) is 5.95 Å². The molecule has 0 atom stereocenters. The van der Waals surface area contributed by atoms with Crippen LogP contribution in [0.15, 0.2) is 30.5 Å². The molecule has 0 radical (unpaired) electrons. The summed E-state index contributed by atoms with van der Waals surface area (Å²) in [5, 5.41) is 6.79. The largest absolute Gasteiger partial charge is 0.383 e. The van der Waals surface area contributed by atoms with Gasteiger partial charge in [-0.05, 0) is 6.07 Å². The first-order valence-electron chi connectivity index (χ1n) is 6.51. The van der Waals surface area contributed by atoms with Crippen molar-refractivity contribution in [3.05, 3.63) is 30.5 Å². The Morgan fingerprint density at radius 2 is 2.15 bits per heavy atom. The number of para-hydroxylation sites is 1. The van der Waals surface area contributed by atoms with Crippen LogP contribution in [0.2, 0.25) is 0 Å². The number of anilines is 1. The van der Waals surface area contributed by atoms with Gasteiger partial charge in [-0.15, -0.1) is 0 Å². The molecule has 0 bridgehead atoms. The average molecular weight is 274 g/mol. The summed E-state index contributed by atoms with van der Waals surface area (Å²) in [7, 11) is 1.60. The highest BCUT2D eigenvalue weighted by molar-refractivity contribution is 5.78. The molecule has 20 heavy (non-hydrogen) atoms. The predicted molar refractivity (Wildman–Crippen MR) is 77.5 cm³/mol. The third-order valence-corrected chi connectivity index (χ3v) is 2.75. The summed E-state index contributed by atoms with van der Waals surface area (Å²) in [5.41, 5.74) is 0.884. The molecule has 0 aliphatic rings. The second-order valence-corrected chi connectivity index (χ2v) is 4.27. The molecule has 1 aromatic heterocycles. The SMILES string of the molecule is COCCNC(=O)CCNc1ncc2ccccc2n1. The minimum Gasteiger partial charge on any atom is -0.383 e. The van der Waals surface area contributed by atoms with Crippen LogP contribution >= 0.6 is 0 Å². The van der Waals surface area contributed by atoms with Gasteiger partial charge in [-0.3, -0.25) is 4.79 Å². The quantitative estimate of drug-likeness (QED) is 0.742. The lowest BCUT2D eigenvalue weighted by atomic mass is 10.2. The molecule has 6 heteroatoms. The standard InChI is InChI=1S/C14H18N4O2/c1-20-9-8-15-13(19)6-7-16-14-17-10-11-4-2-3-5-12(11)18-14/h2-5,10H,6-9H2,1H3,(H,15,19)(H,16,17,18). The fraction of sp³-hybridized carbons (Fsp3) is 0.357. The topological polar surface area (TPSA) is 76.1 Å². The van der Waals surface area contributed by atoms with Crippen molar-refractivity contribution >= 4 is 22.8 Å². The lowest BCUT2D eigenvalue weighted by Gasteiger charge is -2.06. The Morgan fingerprint density at radius 1 is 1.30 bits per heavy atom. The number of rotatable bonds is 7. The number of nitrogens with zero attached hydrogens (tertiary/aromatic N) is 2. The van der Waals surface area contributed by atoms with Gasteiger partial charge in [-0.2, -0.15) is 0 Å². The Balaban J connectivity index is 1.79. The summed E-state index contributed by atoms with van der Waals surface area (Å²) < 4.78 is 4.86. The summed E-state index contributed by atoms with van der Waals surface area (Å²) >= 11 is 0. The molecule has 0 saturated heterocycles. The molecule has 106 valence electrons. The molecular formula is C14H18N4O2. The number of nitrogens with one attached hydrogen (secondary N) is 2. The van der Waals surface area contributed by atoms with Crippen LogP contribution < -0.4 is 10.6 Å². The highest BCUT2D eigenvalue weighted by Gasteiger charge is 2.02. The van der Waals surface area contributed by atoms with E-state index in [1.165, 1.54) is 0 Å². The van der Waals surface area contributed by atoms with Gasteiger partial charge in [0, 0.05) is 38.2 Å². The van der Waals surface area contributed by atoms with Crippen LogP contribution in [-0.4, -0.2) is 42.7 Å². The molecule has 2 N–H and O–H groups in total. The second-order valence-electron chi connectivity index (χ2n) is 4.27. The number of hydrogen-bond donors (Lipinski definition) is 2. The van der Waals surface area contributed by atoms with E-state index in [0.29, 0.717) is 32.1 Å². The van der Waals surface area contributed by atoms with Crippen LogP contribution in [-0.2, 0) is 9.53 Å². The van der Waals surface area contributed by atoms with E-state index in [4.69, 9.17) is 4.74 Å². The van der Waals surface area contributed by atoms with Crippen molar-refractivity contribution in [2.24, 2.45) is 0 Å². The molecule has 1 amide bonds. The maximum atomic E-state index is 11.5. The van der Waals surface area contributed by atoms with Crippen LogP contribution in [0.5, 0.6) is 0 Å². The molecule has 2 rings (SSSR count). The number of carbonyl (C=O) groups excluding carboxylic acids is 1. The van der Waals surface area contributed by atoms with Gasteiger partial charge in [-0.25, -0.2) is 9.97 Å². The highest BCUT2D eigenvalue weighted by atomic mass is 16.5. The van der Waals surface area contributed by atoms with E-state index in [0.717, 1.165) is 10.9 Å². The predicted octanol–water partition coefficient (Wildman–Crippen LogP) is 1.19. The fourth-order valence-corrected chi connectivity index (χ4v) is 1.73. The maximum Gasteiger partial charge on any atom is 0.223 e. The van der Waals surface area contributed by atoms with Gasteiger partial charge in [0.25, 0.3) is 0 Å². The number of carbonyl (C=O) groups is 1. The van der Waals surface area contributed by atoms with Crippen molar-refractivity contribution in [3.8, 4) is 0 Å². The monoisotopic (exact) mass is 274 g/mol. The van der Waals surface area contributed by atoms with E-state index in [2.05, 4.69) is 20.6 Å². The zero-order valence-electron chi connectivity index (χ0n) is 11.4. The Morgan fingerprint density at radius 3 is 3.00 bits per heavy atom. The molecule has 2 aromatic rings. The van der Waals surface area contributed by atoms with Crippen molar-refractivity contribution < 1.29 is 9.53 Å². The van der Waals surface area contributed by atoms with Crippen molar-refractivity contribution in [2.75, 3.05) is 32.1 Å². The third kappa shape index (κ3) is 4.17. The van der Waals surface area contributed by atoms with E-state index in [1.54, 1.807) is 13.3 Å². The molecule has 1 aromatic carbocycles. The number of methoxy groups -OCH3 is 1. The first-order chi connectivity index (χ1) is 9.79. The lowest BCUT2D eigenvalue weighted by molar-refractivity contribution is -0.121. The Kier molecular flexibility index (Phi) is 5.25. The van der Waals surface area contributed by atoms with E-state index < -0.39 is 0 Å². The van der Waals surface area contributed by atoms with Crippen LogP contribution in [0.25, 0.3) is 10.9 Å².